The van der Waals surface area contributed by atoms with Gasteiger partial charge >= 0.3 is 0 Å². The summed E-state index contributed by atoms with van der Waals surface area (Å²) in [6.07, 6.45) is 7.30. The van der Waals surface area contributed by atoms with Crippen molar-refractivity contribution in [1.29, 1.82) is 0 Å². The molecule has 29 heavy (non-hydrogen) atoms. The van der Waals surface area contributed by atoms with E-state index < -0.39 is 0 Å². The molecule has 2 amide bonds. The Morgan fingerprint density at radius 3 is 2.76 bits per heavy atom. The van der Waals surface area contributed by atoms with Crippen LogP contribution < -0.4 is 0 Å². The number of fused-ring (bicyclic) bond motifs is 1. The molecule has 0 unspecified atom stereocenters. The van der Waals surface area contributed by atoms with Crippen LogP contribution in [0.1, 0.15) is 44.1 Å². The number of amides is 2. The second kappa shape index (κ2) is 8.35. The van der Waals surface area contributed by atoms with Crippen molar-refractivity contribution in [3.8, 4) is 0 Å². The molecule has 2 aliphatic heterocycles. The third-order valence-electron chi connectivity index (χ3n) is 6.22. The Bertz CT molecular complexity index is 869. The van der Waals surface area contributed by atoms with E-state index >= 15 is 0 Å². The number of hydrogen-bond acceptors (Lipinski definition) is 3. The highest BCUT2D eigenvalue weighted by Crippen LogP contribution is 2.39. The van der Waals surface area contributed by atoms with Gasteiger partial charge in [0.15, 0.2) is 0 Å². The van der Waals surface area contributed by atoms with Crippen molar-refractivity contribution in [1.82, 2.24) is 19.6 Å². The van der Waals surface area contributed by atoms with Crippen molar-refractivity contribution < 1.29 is 14.0 Å². The summed E-state index contributed by atoms with van der Waals surface area (Å²) < 4.78 is 15.6. The number of carbonyl (C=O) groups is 2. The Morgan fingerprint density at radius 2 is 2.03 bits per heavy atom. The van der Waals surface area contributed by atoms with Crippen LogP contribution in [-0.2, 0) is 16.1 Å². The van der Waals surface area contributed by atoms with E-state index in [2.05, 4.69) is 5.10 Å². The van der Waals surface area contributed by atoms with Crippen molar-refractivity contribution in [3.05, 3.63) is 54.1 Å². The first-order valence-corrected chi connectivity index (χ1v) is 10.3. The molecule has 4 rings (SSSR count). The Morgan fingerprint density at radius 1 is 1.17 bits per heavy atom. The molecule has 154 valence electrons. The third-order valence-corrected chi connectivity index (χ3v) is 6.22. The van der Waals surface area contributed by atoms with Crippen LogP contribution in [0.4, 0.5) is 4.39 Å². The molecule has 0 N–H and O–H groups in total. The monoisotopic (exact) mass is 398 g/mol. The summed E-state index contributed by atoms with van der Waals surface area (Å²) in [4.78, 5) is 29.5. The van der Waals surface area contributed by atoms with Gasteiger partial charge in [-0.05, 0) is 36.6 Å². The van der Waals surface area contributed by atoms with Gasteiger partial charge in [0, 0.05) is 38.3 Å². The Labute approximate surface area is 170 Å². The number of nitrogens with zero attached hydrogens (tertiary/aromatic N) is 4. The smallest absolute Gasteiger partial charge is 0.244 e. The fourth-order valence-corrected chi connectivity index (χ4v) is 4.94. The number of rotatable bonds is 3. The lowest BCUT2D eigenvalue weighted by molar-refractivity contribution is -0.137. The predicted molar refractivity (Wildman–Crippen MR) is 107 cm³/mol. The van der Waals surface area contributed by atoms with Crippen LogP contribution in [-0.4, -0.2) is 56.6 Å². The quantitative estimate of drug-likeness (QED) is 0.799. The molecule has 0 aliphatic carbocycles. The molecular formula is C22H27FN4O2. The fourth-order valence-electron chi connectivity index (χ4n) is 4.94. The van der Waals surface area contributed by atoms with Crippen molar-refractivity contribution in [2.75, 3.05) is 13.1 Å². The summed E-state index contributed by atoms with van der Waals surface area (Å²) in [5, 5.41) is 4.15. The molecule has 0 radical (unpaired) electrons. The SMILES string of the molecule is CC(=O)N1CCCCC[C@@H]2[C@@H]1[C@H](c1cccc(F)c1)CN2C(=O)Cn1cccn1. The van der Waals surface area contributed by atoms with Gasteiger partial charge in [-0.2, -0.15) is 5.10 Å². The lowest BCUT2D eigenvalue weighted by Crippen LogP contribution is -2.51. The number of aromatic nitrogens is 2. The van der Waals surface area contributed by atoms with E-state index in [1.165, 1.54) is 6.07 Å². The number of halogens is 1. The first-order chi connectivity index (χ1) is 14.0. The van der Waals surface area contributed by atoms with Gasteiger partial charge in [-0.1, -0.05) is 25.0 Å². The molecule has 0 bridgehead atoms. The van der Waals surface area contributed by atoms with Crippen molar-refractivity contribution in [2.24, 2.45) is 0 Å². The summed E-state index contributed by atoms with van der Waals surface area (Å²) in [6.45, 7) is 2.94. The molecule has 7 heteroatoms. The lowest BCUT2D eigenvalue weighted by Gasteiger charge is -2.38. The van der Waals surface area contributed by atoms with Gasteiger partial charge in [-0.3, -0.25) is 14.3 Å². The fraction of sp³-hybridized carbons (Fsp3) is 0.500. The third kappa shape index (κ3) is 4.04. The molecule has 6 nitrogen and oxygen atoms in total. The van der Waals surface area contributed by atoms with Crippen LogP contribution in [0.2, 0.25) is 0 Å². The van der Waals surface area contributed by atoms with E-state index in [-0.39, 0.29) is 42.2 Å². The van der Waals surface area contributed by atoms with Crippen molar-refractivity contribution in [2.45, 2.75) is 57.2 Å². The molecule has 3 atom stereocenters. The highest BCUT2D eigenvalue weighted by molar-refractivity contribution is 5.78. The largest absolute Gasteiger partial charge is 0.337 e. The second-order valence-electron chi connectivity index (χ2n) is 8.03. The van der Waals surface area contributed by atoms with Crippen LogP contribution in [0.5, 0.6) is 0 Å². The molecule has 2 fully saturated rings. The zero-order valence-electron chi connectivity index (χ0n) is 16.7. The van der Waals surface area contributed by atoms with Crippen LogP contribution in [0.3, 0.4) is 0 Å². The minimum absolute atomic E-state index is 0.00771. The Kier molecular flexibility index (Phi) is 5.65. The van der Waals surface area contributed by atoms with Crippen LogP contribution in [0.15, 0.2) is 42.7 Å². The van der Waals surface area contributed by atoms with Gasteiger partial charge in [0.25, 0.3) is 0 Å². The molecule has 2 saturated heterocycles. The van der Waals surface area contributed by atoms with E-state index in [0.717, 1.165) is 31.2 Å². The van der Waals surface area contributed by atoms with E-state index in [1.807, 2.05) is 15.9 Å². The minimum Gasteiger partial charge on any atom is -0.337 e. The average Bonchev–Trinajstić information content (AvgIpc) is 3.29. The van der Waals surface area contributed by atoms with Crippen molar-refractivity contribution in [3.63, 3.8) is 0 Å². The van der Waals surface area contributed by atoms with Gasteiger partial charge in [0.2, 0.25) is 11.8 Å². The Balaban J connectivity index is 1.69. The summed E-state index contributed by atoms with van der Waals surface area (Å²) in [6, 6.07) is 8.19. The number of likely N-dealkylation sites (tertiary alicyclic amines) is 2. The van der Waals surface area contributed by atoms with E-state index in [0.29, 0.717) is 13.1 Å². The Hall–Kier alpha value is -2.70. The second-order valence-corrected chi connectivity index (χ2v) is 8.03. The molecule has 0 spiro atoms. The molecule has 2 aliphatic rings. The molecule has 2 aromatic rings. The molecule has 1 aromatic heterocycles. The predicted octanol–water partition coefficient (Wildman–Crippen LogP) is 2.81. The maximum Gasteiger partial charge on any atom is 0.244 e. The maximum atomic E-state index is 14.0. The van der Waals surface area contributed by atoms with E-state index in [1.54, 1.807) is 42.2 Å². The standard InChI is InChI=1S/C22H27FN4O2/c1-16(28)26-12-4-2-3-9-20-22(26)19(17-7-5-8-18(23)13-17)14-27(20)21(29)15-25-11-6-10-24-25/h5-8,10-11,13,19-20,22H,2-4,9,12,14-15H2,1H3/t19-,20+,22-/m0/s1. The molecular weight excluding hydrogens is 371 g/mol. The van der Waals surface area contributed by atoms with E-state index in [4.69, 9.17) is 0 Å². The first-order valence-electron chi connectivity index (χ1n) is 10.3. The molecule has 1 aromatic carbocycles. The van der Waals surface area contributed by atoms with Gasteiger partial charge in [-0.25, -0.2) is 4.39 Å². The van der Waals surface area contributed by atoms with Crippen LogP contribution in [0.25, 0.3) is 0 Å². The van der Waals surface area contributed by atoms with E-state index in [9.17, 15) is 14.0 Å². The highest BCUT2D eigenvalue weighted by Gasteiger charge is 2.48. The minimum atomic E-state index is -0.291. The number of benzene rings is 1. The van der Waals surface area contributed by atoms with Gasteiger partial charge in [0.05, 0.1) is 12.1 Å². The zero-order valence-corrected chi connectivity index (χ0v) is 16.7. The zero-order chi connectivity index (χ0) is 20.4. The number of carbonyl (C=O) groups excluding carboxylic acids is 2. The van der Waals surface area contributed by atoms with Gasteiger partial charge in [0.1, 0.15) is 12.4 Å². The average molecular weight is 398 g/mol. The molecule has 0 saturated carbocycles. The highest BCUT2D eigenvalue weighted by atomic mass is 19.1. The first kappa shape index (κ1) is 19.6. The molecule has 3 heterocycles. The van der Waals surface area contributed by atoms with Gasteiger partial charge < -0.3 is 9.80 Å². The van der Waals surface area contributed by atoms with Crippen molar-refractivity contribution >= 4 is 11.8 Å². The maximum absolute atomic E-state index is 14.0. The van der Waals surface area contributed by atoms with Crippen LogP contribution >= 0.6 is 0 Å². The summed E-state index contributed by atoms with van der Waals surface area (Å²) in [7, 11) is 0. The normalized spacial score (nSPS) is 24.7. The summed E-state index contributed by atoms with van der Waals surface area (Å²) in [5.74, 6) is -0.379. The summed E-state index contributed by atoms with van der Waals surface area (Å²) >= 11 is 0. The number of hydrogen-bond donors (Lipinski definition) is 0. The summed E-state index contributed by atoms with van der Waals surface area (Å²) in [5.41, 5.74) is 0.848. The van der Waals surface area contributed by atoms with Gasteiger partial charge in [-0.15, -0.1) is 0 Å². The van der Waals surface area contributed by atoms with Crippen LogP contribution in [0, 0.1) is 5.82 Å². The topological polar surface area (TPSA) is 58.4 Å². The lowest BCUT2D eigenvalue weighted by atomic mass is 9.86.